The lowest BCUT2D eigenvalue weighted by Crippen LogP contribution is -2.42. The second-order valence-corrected chi connectivity index (χ2v) is 7.98. The summed E-state index contributed by atoms with van der Waals surface area (Å²) in [4.78, 5) is 0.0321. The SMILES string of the molecule is Cc1cc(S(=O)(=O)NC2CCC(C)CC2C)cc(N)c1F. The molecule has 0 amide bonds. The molecule has 1 saturated carbocycles. The van der Waals surface area contributed by atoms with Gasteiger partial charge in [-0.1, -0.05) is 13.8 Å². The van der Waals surface area contributed by atoms with E-state index in [1.165, 1.54) is 19.1 Å². The van der Waals surface area contributed by atoms with Gasteiger partial charge in [-0.2, -0.15) is 0 Å². The molecule has 118 valence electrons. The molecular formula is C15H23FN2O2S. The third-order valence-corrected chi connectivity index (χ3v) is 5.77. The van der Waals surface area contributed by atoms with Gasteiger partial charge >= 0.3 is 0 Å². The summed E-state index contributed by atoms with van der Waals surface area (Å²) in [5.41, 5.74) is 5.63. The standard InChI is InChI=1S/C15H23FN2O2S/c1-9-4-5-14(10(2)6-9)18-21(19,20)12-7-11(3)15(16)13(17)8-12/h7-10,14,18H,4-6,17H2,1-3H3. The van der Waals surface area contributed by atoms with E-state index in [1.807, 2.05) is 0 Å². The normalized spacial score (nSPS) is 26.8. The Balaban J connectivity index is 2.23. The molecule has 4 nitrogen and oxygen atoms in total. The largest absolute Gasteiger partial charge is 0.396 e. The van der Waals surface area contributed by atoms with Crippen molar-refractivity contribution in [2.24, 2.45) is 11.8 Å². The van der Waals surface area contributed by atoms with Gasteiger partial charge in [-0.05, 0) is 55.7 Å². The van der Waals surface area contributed by atoms with Gasteiger partial charge in [0.05, 0.1) is 10.6 Å². The van der Waals surface area contributed by atoms with Crippen LogP contribution >= 0.6 is 0 Å². The minimum absolute atomic E-state index is 0.0321. The van der Waals surface area contributed by atoms with Crippen molar-refractivity contribution in [3.8, 4) is 0 Å². The van der Waals surface area contributed by atoms with Gasteiger partial charge in [0.1, 0.15) is 5.82 Å². The number of benzene rings is 1. The van der Waals surface area contributed by atoms with E-state index in [-0.39, 0.29) is 22.2 Å². The lowest BCUT2D eigenvalue weighted by atomic mass is 9.80. The van der Waals surface area contributed by atoms with Gasteiger partial charge in [0.25, 0.3) is 0 Å². The molecule has 3 atom stereocenters. The minimum Gasteiger partial charge on any atom is -0.396 e. The number of sulfonamides is 1. The molecule has 1 aliphatic rings. The van der Waals surface area contributed by atoms with Crippen molar-refractivity contribution >= 4 is 15.7 Å². The maximum Gasteiger partial charge on any atom is 0.240 e. The van der Waals surface area contributed by atoms with Gasteiger partial charge < -0.3 is 5.73 Å². The smallest absolute Gasteiger partial charge is 0.240 e. The summed E-state index contributed by atoms with van der Waals surface area (Å²) in [5.74, 6) is 0.362. The Morgan fingerprint density at radius 3 is 2.52 bits per heavy atom. The fraction of sp³-hybridized carbons (Fsp3) is 0.600. The highest BCUT2D eigenvalue weighted by molar-refractivity contribution is 7.89. The first-order valence-electron chi connectivity index (χ1n) is 7.28. The summed E-state index contributed by atoms with van der Waals surface area (Å²) in [6.07, 6.45) is 2.86. The van der Waals surface area contributed by atoms with Gasteiger partial charge in [0, 0.05) is 6.04 Å². The number of aryl methyl sites for hydroxylation is 1. The summed E-state index contributed by atoms with van der Waals surface area (Å²) in [6, 6.07) is 2.43. The zero-order valence-electron chi connectivity index (χ0n) is 12.7. The molecule has 2 rings (SSSR count). The van der Waals surface area contributed by atoms with Crippen molar-refractivity contribution in [3.05, 3.63) is 23.5 Å². The molecule has 3 N–H and O–H groups in total. The molecule has 1 aromatic rings. The van der Waals surface area contributed by atoms with Crippen molar-refractivity contribution in [2.75, 3.05) is 5.73 Å². The van der Waals surface area contributed by atoms with Crippen LogP contribution in [0.15, 0.2) is 17.0 Å². The van der Waals surface area contributed by atoms with Crippen LogP contribution in [0.5, 0.6) is 0 Å². The molecule has 0 aliphatic heterocycles. The van der Waals surface area contributed by atoms with E-state index in [9.17, 15) is 12.8 Å². The minimum atomic E-state index is -3.67. The van der Waals surface area contributed by atoms with Crippen LogP contribution in [0.4, 0.5) is 10.1 Å². The molecule has 0 radical (unpaired) electrons. The lowest BCUT2D eigenvalue weighted by Gasteiger charge is -2.32. The highest BCUT2D eigenvalue weighted by Gasteiger charge is 2.29. The predicted octanol–water partition coefficient (Wildman–Crippen LogP) is 2.82. The molecular weight excluding hydrogens is 291 g/mol. The van der Waals surface area contributed by atoms with Crippen LogP contribution in [0.3, 0.4) is 0 Å². The van der Waals surface area contributed by atoms with E-state index in [1.54, 1.807) is 0 Å². The second kappa shape index (κ2) is 5.93. The van der Waals surface area contributed by atoms with Gasteiger partial charge in [0.2, 0.25) is 10.0 Å². The molecule has 0 spiro atoms. The molecule has 1 fully saturated rings. The summed E-state index contributed by atoms with van der Waals surface area (Å²) in [5, 5.41) is 0. The monoisotopic (exact) mass is 314 g/mol. The first-order chi connectivity index (χ1) is 9.70. The van der Waals surface area contributed by atoms with Gasteiger partial charge in [-0.15, -0.1) is 0 Å². The third kappa shape index (κ3) is 3.55. The maximum atomic E-state index is 13.5. The average Bonchev–Trinajstić information content (AvgIpc) is 2.38. The van der Waals surface area contributed by atoms with Crippen LogP contribution in [-0.4, -0.2) is 14.5 Å². The molecule has 6 heteroatoms. The van der Waals surface area contributed by atoms with E-state index >= 15 is 0 Å². The van der Waals surface area contributed by atoms with Crippen LogP contribution in [0.25, 0.3) is 0 Å². The lowest BCUT2D eigenvalue weighted by molar-refractivity contribution is 0.249. The second-order valence-electron chi connectivity index (χ2n) is 6.27. The van der Waals surface area contributed by atoms with Crippen LogP contribution in [0.1, 0.15) is 38.7 Å². The van der Waals surface area contributed by atoms with Crippen molar-refractivity contribution in [2.45, 2.75) is 51.0 Å². The average molecular weight is 314 g/mol. The van der Waals surface area contributed by atoms with Gasteiger partial charge in [0.15, 0.2) is 0 Å². The van der Waals surface area contributed by atoms with Crippen molar-refractivity contribution in [1.82, 2.24) is 4.72 Å². The summed E-state index contributed by atoms with van der Waals surface area (Å²) in [7, 11) is -3.67. The number of halogens is 1. The zero-order chi connectivity index (χ0) is 15.8. The number of hydrogen-bond donors (Lipinski definition) is 2. The number of nitrogens with one attached hydrogen (secondary N) is 1. The Morgan fingerprint density at radius 1 is 1.29 bits per heavy atom. The fourth-order valence-electron chi connectivity index (χ4n) is 3.03. The molecule has 0 heterocycles. The molecule has 0 aromatic heterocycles. The van der Waals surface area contributed by atoms with Gasteiger partial charge in [-0.3, -0.25) is 0 Å². The number of rotatable bonds is 3. The number of nitrogen functional groups attached to an aromatic ring is 1. The third-order valence-electron chi connectivity index (χ3n) is 4.30. The first kappa shape index (κ1) is 16.2. The number of hydrogen-bond acceptors (Lipinski definition) is 3. The van der Waals surface area contributed by atoms with Crippen LogP contribution in [0, 0.1) is 24.6 Å². The van der Waals surface area contributed by atoms with Crippen LogP contribution in [-0.2, 0) is 10.0 Å². The highest BCUT2D eigenvalue weighted by atomic mass is 32.2. The summed E-state index contributed by atoms with van der Waals surface area (Å²) >= 11 is 0. The Bertz CT molecular complexity index is 608. The quantitative estimate of drug-likeness (QED) is 0.843. The number of anilines is 1. The zero-order valence-corrected chi connectivity index (χ0v) is 13.5. The topological polar surface area (TPSA) is 72.2 Å². The molecule has 3 unspecified atom stereocenters. The Hall–Kier alpha value is -1.14. The number of nitrogens with two attached hydrogens (primary N) is 1. The Morgan fingerprint density at radius 2 is 1.95 bits per heavy atom. The van der Waals surface area contributed by atoms with E-state index in [0.717, 1.165) is 19.3 Å². The van der Waals surface area contributed by atoms with Crippen LogP contribution < -0.4 is 10.5 Å². The van der Waals surface area contributed by atoms with Crippen molar-refractivity contribution < 1.29 is 12.8 Å². The van der Waals surface area contributed by atoms with E-state index in [0.29, 0.717) is 11.8 Å². The summed E-state index contributed by atoms with van der Waals surface area (Å²) in [6.45, 7) is 5.76. The highest BCUT2D eigenvalue weighted by Crippen LogP contribution is 2.30. The van der Waals surface area contributed by atoms with Crippen LogP contribution in [0.2, 0.25) is 0 Å². The van der Waals surface area contributed by atoms with E-state index < -0.39 is 15.8 Å². The summed E-state index contributed by atoms with van der Waals surface area (Å²) < 4.78 is 41.2. The van der Waals surface area contributed by atoms with E-state index in [2.05, 4.69) is 18.6 Å². The fourth-order valence-corrected chi connectivity index (χ4v) is 4.52. The molecule has 1 aromatic carbocycles. The Labute approximate surface area is 126 Å². The van der Waals surface area contributed by atoms with Gasteiger partial charge in [-0.25, -0.2) is 17.5 Å². The van der Waals surface area contributed by atoms with Crippen molar-refractivity contribution in [1.29, 1.82) is 0 Å². The molecule has 0 saturated heterocycles. The molecule has 0 bridgehead atoms. The van der Waals surface area contributed by atoms with Crippen molar-refractivity contribution in [3.63, 3.8) is 0 Å². The maximum absolute atomic E-state index is 13.5. The molecule has 1 aliphatic carbocycles. The van der Waals surface area contributed by atoms with E-state index in [4.69, 9.17) is 5.73 Å². The first-order valence-corrected chi connectivity index (χ1v) is 8.77. The molecule has 21 heavy (non-hydrogen) atoms. The predicted molar refractivity (Wildman–Crippen MR) is 81.8 cm³/mol. The Kier molecular flexibility index (Phi) is 4.58.